The second kappa shape index (κ2) is 9.11. The summed E-state index contributed by atoms with van der Waals surface area (Å²) in [7, 11) is 0. The summed E-state index contributed by atoms with van der Waals surface area (Å²) in [6.45, 7) is 24.3. The van der Waals surface area contributed by atoms with Crippen LogP contribution in [0.15, 0.2) is 0 Å². The molecule has 0 aliphatic carbocycles. The lowest BCUT2D eigenvalue weighted by atomic mass is 9.68. The van der Waals surface area contributed by atoms with Crippen LogP contribution in [0.25, 0.3) is 0 Å². The molecule has 122 valence electrons. The average Bonchev–Trinajstić information content (AvgIpc) is 2.41. The third kappa shape index (κ3) is 5.78. The van der Waals surface area contributed by atoms with Gasteiger partial charge in [0, 0.05) is 0 Å². The number of rotatable bonds is 9. The molecule has 0 aliphatic rings. The summed E-state index contributed by atoms with van der Waals surface area (Å²) in [4.78, 5) is 0. The van der Waals surface area contributed by atoms with Gasteiger partial charge in [-0.1, -0.05) is 75.7 Å². The largest absolute Gasteiger partial charge is 0.0651 e. The Bertz CT molecular complexity index is 242. The van der Waals surface area contributed by atoms with Crippen LogP contribution >= 0.6 is 0 Å². The van der Waals surface area contributed by atoms with Crippen molar-refractivity contribution in [3.63, 3.8) is 0 Å². The summed E-state index contributed by atoms with van der Waals surface area (Å²) in [5.74, 6) is 6.67. The topological polar surface area (TPSA) is 0 Å². The molecule has 0 fully saturated rings. The summed E-state index contributed by atoms with van der Waals surface area (Å²) in [5.41, 5.74) is 0. The SMILES string of the molecule is CCC(C)C(C)C(C)C(C)C(C)C(C)C(C)CC(C)C. The molecular weight excluding hydrogens is 240 g/mol. The van der Waals surface area contributed by atoms with E-state index < -0.39 is 0 Å². The van der Waals surface area contributed by atoms with Gasteiger partial charge < -0.3 is 0 Å². The van der Waals surface area contributed by atoms with Crippen molar-refractivity contribution in [1.82, 2.24) is 0 Å². The van der Waals surface area contributed by atoms with Crippen molar-refractivity contribution in [1.29, 1.82) is 0 Å². The van der Waals surface area contributed by atoms with E-state index in [2.05, 4.69) is 69.2 Å². The van der Waals surface area contributed by atoms with Gasteiger partial charge in [-0.05, 0) is 53.8 Å². The molecule has 0 aromatic heterocycles. The van der Waals surface area contributed by atoms with Crippen LogP contribution in [0, 0.1) is 47.3 Å². The fourth-order valence-electron chi connectivity index (χ4n) is 3.80. The van der Waals surface area contributed by atoms with Gasteiger partial charge in [0.05, 0.1) is 0 Å². The maximum Gasteiger partial charge on any atom is -0.0386 e. The fourth-order valence-corrected chi connectivity index (χ4v) is 3.80. The van der Waals surface area contributed by atoms with E-state index in [4.69, 9.17) is 0 Å². The summed E-state index contributed by atoms with van der Waals surface area (Å²) >= 11 is 0. The molecule has 7 unspecified atom stereocenters. The van der Waals surface area contributed by atoms with Crippen molar-refractivity contribution >= 4 is 0 Å². The minimum Gasteiger partial charge on any atom is -0.0651 e. The van der Waals surface area contributed by atoms with Crippen molar-refractivity contribution in [2.75, 3.05) is 0 Å². The molecule has 0 aromatic carbocycles. The summed E-state index contributed by atoms with van der Waals surface area (Å²) in [5, 5.41) is 0. The first kappa shape index (κ1) is 20.0. The van der Waals surface area contributed by atoms with Crippen molar-refractivity contribution in [3.8, 4) is 0 Å². The van der Waals surface area contributed by atoms with Gasteiger partial charge in [-0.2, -0.15) is 0 Å². The molecule has 0 aromatic rings. The van der Waals surface area contributed by atoms with Crippen molar-refractivity contribution < 1.29 is 0 Å². The molecule has 0 spiro atoms. The predicted molar refractivity (Wildman–Crippen MR) is 93.9 cm³/mol. The zero-order chi connectivity index (χ0) is 16.0. The molecule has 0 heterocycles. The molecule has 20 heavy (non-hydrogen) atoms. The van der Waals surface area contributed by atoms with E-state index in [1.165, 1.54) is 12.8 Å². The molecule has 7 atom stereocenters. The van der Waals surface area contributed by atoms with Gasteiger partial charge in [0.15, 0.2) is 0 Å². The van der Waals surface area contributed by atoms with E-state index in [-0.39, 0.29) is 0 Å². The van der Waals surface area contributed by atoms with Crippen LogP contribution in [0.5, 0.6) is 0 Å². The molecule has 0 amide bonds. The van der Waals surface area contributed by atoms with Gasteiger partial charge >= 0.3 is 0 Å². The van der Waals surface area contributed by atoms with Gasteiger partial charge in [-0.15, -0.1) is 0 Å². The Kier molecular flexibility index (Phi) is 9.11. The van der Waals surface area contributed by atoms with Gasteiger partial charge in [0.2, 0.25) is 0 Å². The van der Waals surface area contributed by atoms with Crippen LogP contribution in [-0.2, 0) is 0 Å². The highest BCUT2D eigenvalue weighted by atomic mass is 14.4. The first-order valence-electron chi connectivity index (χ1n) is 9.13. The Morgan fingerprint density at radius 1 is 0.500 bits per heavy atom. The average molecular weight is 283 g/mol. The standard InChI is InChI=1S/C20H42/c1-11-14(4)16(6)18(8)20(10)19(9)17(7)15(5)12-13(2)3/h13-20H,11-12H2,1-10H3. The van der Waals surface area contributed by atoms with Gasteiger partial charge in [0.1, 0.15) is 0 Å². The fraction of sp³-hybridized carbons (Fsp3) is 1.00. The van der Waals surface area contributed by atoms with Gasteiger partial charge in [0.25, 0.3) is 0 Å². The summed E-state index contributed by atoms with van der Waals surface area (Å²) in [6, 6.07) is 0. The summed E-state index contributed by atoms with van der Waals surface area (Å²) < 4.78 is 0. The minimum absolute atomic E-state index is 0.823. The van der Waals surface area contributed by atoms with E-state index in [9.17, 15) is 0 Å². The molecule has 0 bridgehead atoms. The molecular formula is C20H42. The van der Waals surface area contributed by atoms with Crippen molar-refractivity contribution in [2.24, 2.45) is 47.3 Å². The van der Waals surface area contributed by atoms with E-state index in [0.29, 0.717) is 0 Å². The maximum atomic E-state index is 2.49. The van der Waals surface area contributed by atoms with E-state index >= 15 is 0 Å². The first-order chi connectivity index (χ1) is 9.13. The third-order valence-electron chi connectivity index (χ3n) is 6.60. The van der Waals surface area contributed by atoms with E-state index in [1.807, 2.05) is 0 Å². The van der Waals surface area contributed by atoms with Crippen LogP contribution in [-0.4, -0.2) is 0 Å². The van der Waals surface area contributed by atoms with Gasteiger partial charge in [-0.3, -0.25) is 0 Å². The molecule has 0 N–H and O–H groups in total. The second-order valence-corrected chi connectivity index (χ2v) is 8.29. The minimum atomic E-state index is 0.823. The predicted octanol–water partition coefficient (Wildman–Crippen LogP) is 6.90. The van der Waals surface area contributed by atoms with Gasteiger partial charge in [-0.25, -0.2) is 0 Å². The second-order valence-electron chi connectivity index (χ2n) is 8.29. The van der Waals surface area contributed by atoms with Crippen LogP contribution in [0.1, 0.15) is 82.1 Å². The van der Waals surface area contributed by atoms with Crippen LogP contribution in [0.2, 0.25) is 0 Å². The monoisotopic (exact) mass is 282 g/mol. The Balaban J connectivity index is 4.62. The zero-order valence-corrected chi connectivity index (χ0v) is 16.0. The Morgan fingerprint density at radius 2 is 0.850 bits per heavy atom. The summed E-state index contributed by atoms with van der Waals surface area (Å²) in [6.07, 6.45) is 2.68. The highest BCUT2D eigenvalue weighted by Crippen LogP contribution is 2.38. The smallest absolute Gasteiger partial charge is 0.0386 e. The van der Waals surface area contributed by atoms with E-state index in [1.54, 1.807) is 0 Å². The Morgan fingerprint density at radius 3 is 1.20 bits per heavy atom. The molecule has 0 saturated carbocycles. The Labute approximate surface area is 130 Å². The Hall–Kier alpha value is 0. The molecule has 0 heteroatoms. The lowest BCUT2D eigenvalue weighted by Crippen LogP contribution is -2.31. The highest BCUT2D eigenvalue weighted by Gasteiger charge is 2.30. The first-order valence-corrected chi connectivity index (χ1v) is 9.13. The van der Waals surface area contributed by atoms with Crippen LogP contribution < -0.4 is 0 Å². The van der Waals surface area contributed by atoms with Crippen molar-refractivity contribution in [3.05, 3.63) is 0 Å². The lowest BCUT2D eigenvalue weighted by molar-refractivity contribution is 0.111. The molecule has 0 radical (unpaired) electrons. The third-order valence-corrected chi connectivity index (χ3v) is 6.60. The maximum absolute atomic E-state index is 2.49. The molecule has 0 saturated heterocycles. The van der Waals surface area contributed by atoms with Crippen LogP contribution in [0.4, 0.5) is 0 Å². The molecule has 0 aliphatic heterocycles. The molecule has 0 rings (SSSR count). The van der Waals surface area contributed by atoms with Crippen molar-refractivity contribution in [2.45, 2.75) is 82.1 Å². The normalized spacial score (nSPS) is 22.9. The number of hydrogen-bond acceptors (Lipinski definition) is 0. The van der Waals surface area contributed by atoms with Crippen LogP contribution in [0.3, 0.4) is 0 Å². The quantitative estimate of drug-likeness (QED) is 0.431. The number of hydrogen-bond donors (Lipinski definition) is 0. The lowest BCUT2D eigenvalue weighted by Gasteiger charge is -2.38. The highest BCUT2D eigenvalue weighted by molar-refractivity contribution is 4.79. The van der Waals surface area contributed by atoms with E-state index in [0.717, 1.165) is 47.3 Å². The molecule has 0 nitrogen and oxygen atoms in total. The zero-order valence-electron chi connectivity index (χ0n) is 16.0.